The van der Waals surface area contributed by atoms with Crippen LogP contribution in [-0.2, 0) is 10.0 Å². The van der Waals surface area contributed by atoms with Crippen LogP contribution in [-0.4, -0.2) is 39.0 Å². The number of nitrogens with two attached hydrogens (primary N) is 1. The molecule has 0 aliphatic carbocycles. The lowest BCUT2D eigenvalue weighted by molar-refractivity contribution is 0.361. The van der Waals surface area contributed by atoms with Crippen molar-refractivity contribution in [3.63, 3.8) is 0 Å². The molecule has 0 atom stereocenters. The van der Waals surface area contributed by atoms with E-state index in [1.54, 1.807) is 12.1 Å². The fourth-order valence-electron chi connectivity index (χ4n) is 2.05. The maximum Gasteiger partial charge on any atom is 0.247 e. The lowest BCUT2D eigenvalue weighted by atomic mass is 10.2. The molecule has 0 aliphatic rings. The van der Waals surface area contributed by atoms with Gasteiger partial charge in [-0.1, -0.05) is 18.8 Å². The highest BCUT2D eigenvalue weighted by molar-refractivity contribution is 7.89. The molecule has 0 heterocycles. The molecule has 5 nitrogen and oxygen atoms in total. The van der Waals surface area contributed by atoms with E-state index in [9.17, 15) is 8.42 Å². The summed E-state index contributed by atoms with van der Waals surface area (Å²) in [4.78, 5) is 0.129. The maximum atomic E-state index is 12.8. The Bertz CT molecular complexity index is 643. The number of nitrogens with zero attached hydrogens (tertiary/aromatic N) is 1. The van der Waals surface area contributed by atoms with Gasteiger partial charge in [0.15, 0.2) is 0 Å². The van der Waals surface area contributed by atoms with Gasteiger partial charge in [0.1, 0.15) is 10.6 Å². The van der Waals surface area contributed by atoms with Crippen LogP contribution in [0.4, 0.5) is 0 Å². The molecule has 0 radical (unpaired) electrons. The molecule has 0 unspecified atom stereocenters. The van der Waals surface area contributed by atoms with Crippen LogP contribution in [0.5, 0.6) is 5.75 Å². The average Bonchev–Trinajstić information content (AvgIpc) is 2.44. The summed E-state index contributed by atoms with van der Waals surface area (Å²) in [7, 11) is -2.18. The Kier molecular flexibility index (Phi) is 6.21. The number of methoxy groups -OCH3 is 1. The third-order valence-electron chi connectivity index (χ3n) is 2.97. The van der Waals surface area contributed by atoms with Gasteiger partial charge in [-0.05, 0) is 32.0 Å². The molecule has 1 aromatic carbocycles. The fourth-order valence-corrected chi connectivity index (χ4v) is 3.88. The number of ether oxygens (including phenoxy) is 1. The number of benzene rings is 1. The Morgan fingerprint density at radius 1 is 1.38 bits per heavy atom. The van der Waals surface area contributed by atoms with Gasteiger partial charge < -0.3 is 10.5 Å². The first kappa shape index (κ1) is 17.5. The zero-order valence-electron chi connectivity index (χ0n) is 12.9. The summed E-state index contributed by atoms with van der Waals surface area (Å²) in [6.45, 7) is 6.10. The van der Waals surface area contributed by atoms with E-state index in [2.05, 4.69) is 11.8 Å². The summed E-state index contributed by atoms with van der Waals surface area (Å²) in [5, 5.41) is 0. The predicted molar refractivity (Wildman–Crippen MR) is 83.6 cm³/mol. The average molecular weight is 310 g/mol. The molecule has 21 heavy (non-hydrogen) atoms. The summed E-state index contributed by atoms with van der Waals surface area (Å²) < 4.78 is 32.2. The van der Waals surface area contributed by atoms with Crippen molar-refractivity contribution in [1.29, 1.82) is 0 Å². The molecule has 2 N–H and O–H groups in total. The second kappa shape index (κ2) is 7.46. The first-order valence-corrected chi connectivity index (χ1v) is 8.21. The summed E-state index contributed by atoms with van der Waals surface area (Å²) in [6.07, 6.45) is 0. The van der Waals surface area contributed by atoms with Gasteiger partial charge >= 0.3 is 0 Å². The van der Waals surface area contributed by atoms with Crippen molar-refractivity contribution in [2.75, 3.05) is 20.2 Å². The Hall–Kier alpha value is -1.55. The summed E-state index contributed by atoms with van der Waals surface area (Å²) in [6, 6.07) is 4.72. The third-order valence-corrected chi connectivity index (χ3v) is 5.14. The first-order valence-electron chi connectivity index (χ1n) is 6.77. The van der Waals surface area contributed by atoms with Crippen LogP contribution in [0.1, 0.15) is 26.3 Å². The van der Waals surface area contributed by atoms with Crippen molar-refractivity contribution < 1.29 is 13.2 Å². The van der Waals surface area contributed by atoms with Crippen molar-refractivity contribution in [3.05, 3.63) is 23.8 Å². The lowest BCUT2D eigenvalue weighted by Gasteiger charge is -2.25. The number of rotatable bonds is 5. The van der Waals surface area contributed by atoms with E-state index in [0.717, 1.165) is 0 Å². The number of hydrogen-bond acceptors (Lipinski definition) is 4. The van der Waals surface area contributed by atoms with Crippen LogP contribution in [0.2, 0.25) is 0 Å². The molecule has 0 saturated heterocycles. The van der Waals surface area contributed by atoms with Crippen molar-refractivity contribution in [2.45, 2.75) is 31.7 Å². The van der Waals surface area contributed by atoms with E-state index in [1.165, 1.54) is 17.5 Å². The van der Waals surface area contributed by atoms with Crippen molar-refractivity contribution in [1.82, 2.24) is 4.31 Å². The minimum atomic E-state index is -3.63. The number of sulfonamides is 1. The highest BCUT2D eigenvalue weighted by Gasteiger charge is 2.28. The second-order valence-electron chi connectivity index (χ2n) is 4.67. The summed E-state index contributed by atoms with van der Waals surface area (Å²) >= 11 is 0. The monoisotopic (exact) mass is 310 g/mol. The summed E-state index contributed by atoms with van der Waals surface area (Å²) in [5.41, 5.74) is 5.94. The topological polar surface area (TPSA) is 72.6 Å². The predicted octanol–water partition coefficient (Wildman–Crippen LogP) is 1.42. The maximum absolute atomic E-state index is 12.8. The van der Waals surface area contributed by atoms with Crippen LogP contribution in [0.15, 0.2) is 23.1 Å². The second-order valence-corrected chi connectivity index (χ2v) is 6.53. The van der Waals surface area contributed by atoms with E-state index < -0.39 is 10.0 Å². The Morgan fingerprint density at radius 2 is 2.05 bits per heavy atom. The molecule has 116 valence electrons. The molecule has 0 aromatic heterocycles. The third kappa shape index (κ3) is 3.97. The minimum Gasteiger partial charge on any atom is -0.495 e. The zero-order chi connectivity index (χ0) is 16.0. The summed E-state index contributed by atoms with van der Waals surface area (Å²) in [5.74, 6) is 5.87. The highest BCUT2D eigenvalue weighted by atomic mass is 32.2. The molecular formula is C15H22N2O3S. The van der Waals surface area contributed by atoms with Gasteiger partial charge in [-0.25, -0.2) is 8.42 Å². The van der Waals surface area contributed by atoms with E-state index in [4.69, 9.17) is 10.5 Å². The van der Waals surface area contributed by atoms with Crippen LogP contribution in [0.3, 0.4) is 0 Å². The van der Waals surface area contributed by atoms with Gasteiger partial charge in [-0.2, -0.15) is 4.31 Å². The Morgan fingerprint density at radius 3 is 2.52 bits per heavy atom. The first-order chi connectivity index (χ1) is 9.88. The molecule has 0 spiro atoms. The van der Waals surface area contributed by atoms with Crippen LogP contribution in [0.25, 0.3) is 0 Å². The van der Waals surface area contributed by atoms with E-state index in [0.29, 0.717) is 17.9 Å². The van der Waals surface area contributed by atoms with Gasteiger partial charge in [0.05, 0.1) is 13.7 Å². The van der Waals surface area contributed by atoms with Gasteiger partial charge in [-0.3, -0.25) is 0 Å². The van der Waals surface area contributed by atoms with Gasteiger partial charge in [0.25, 0.3) is 0 Å². The molecule has 0 fully saturated rings. The quantitative estimate of drug-likeness (QED) is 0.835. The molecular weight excluding hydrogens is 288 g/mol. The van der Waals surface area contributed by atoms with E-state index in [1.807, 2.05) is 20.8 Å². The van der Waals surface area contributed by atoms with Gasteiger partial charge in [0.2, 0.25) is 10.0 Å². The zero-order valence-corrected chi connectivity index (χ0v) is 13.7. The largest absolute Gasteiger partial charge is 0.495 e. The van der Waals surface area contributed by atoms with Gasteiger partial charge in [0, 0.05) is 18.2 Å². The molecule has 6 heteroatoms. The van der Waals surface area contributed by atoms with E-state index >= 15 is 0 Å². The molecule has 1 aromatic rings. The fraction of sp³-hybridized carbons (Fsp3) is 0.467. The van der Waals surface area contributed by atoms with Crippen molar-refractivity contribution >= 4 is 10.0 Å². The smallest absolute Gasteiger partial charge is 0.247 e. The van der Waals surface area contributed by atoms with Crippen LogP contribution >= 0.6 is 0 Å². The van der Waals surface area contributed by atoms with Crippen molar-refractivity contribution in [2.24, 2.45) is 5.73 Å². The SMILES string of the molecule is CCN(C(C)C)S(=O)(=O)c1cc(C#CCN)ccc1OC. The minimum absolute atomic E-state index is 0.129. The Labute approximate surface area is 127 Å². The van der Waals surface area contributed by atoms with E-state index in [-0.39, 0.29) is 17.5 Å². The highest BCUT2D eigenvalue weighted by Crippen LogP contribution is 2.28. The normalized spacial score (nSPS) is 11.4. The van der Waals surface area contributed by atoms with Crippen LogP contribution < -0.4 is 10.5 Å². The molecule has 1 rings (SSSR count). The molecule has 0 bridgehead atoms. The lowest BCUT2D eigenvalue weighted by Crippen LogP contribution is -2.36. The molecule has 0 amide bonds. The molecule has 0 aliphatic heterocycles. The van der Waals surface area contributed by atoms with Gasteiger partial charge in [-0.15, -0.1) is 0 Å². The standard InChI is InChI=1S/C15H22N2O3S/c1-5-17(12(2)3)21(18,19)15-11-13(7-6-10-16)8-9-14(15)20-4/h8-9,11-12H,5,10,16H2,1-4H3. The Balaban J connectivity index is 3.44. The van der Waals surface area contributed by atoms with Crippen LogP contribution in [0, 0.1) is 11.8 Å². The van der Waals surface area contributed by atoms with Crippen molar-refractivity contribution in [3.8, 4) is 17.6 Å². The number of hydrogen-bond donors (Lipinski definition) is 1. The molecule has 0 saturated carbocycles.